The number of phenols is 2. The molecular weight excluding hydrogens is 420 g/mol. The van der Waals surface area contributed by atoms with Gasteiger partial charge in [0.1, 0.15) is 39.4 Å². The van der Waals surface area contributed by atoms with Crippen molar-refractivity contribution in [2.45, 2.75) is 6.61 Å². The Hall–Kier alpha value is -3.21. The number of ether oxygens (including phenoxy) is 1. The summed E-state index contributed by atoms with van der Waals surface area (Å²) in [5.41, 5.74) is 0.0937. The van der Waals surface area contributed by atoms with Crippen LogP contribution in [-0.4, -0.2) is 96.2 Å². The number of aromatic hydroxyl groups is 2. The first-order valence-corrected chi connectivity index (χ1v) is 8.76. The Morgan fingerprint density at radius 3 is 1.52 bits per heavy atom. The third-order valence-electron chi connectivity index (χ3n) is 4.01. The number of aliphatic hydroxyl groups is 6. The Bertz CT molecular complexity index is 820. The molecule has 15 heteroatoms. The predicted octanol–water partition coefficient (Wildman–Crippen LogP) is -3.02. The lowest BCUT2D eigenvalue weighted by molar-refractivity contribution is 0.215. The predicted molar refractivity (Wildman–Crippen MR) is 104 cm³/mol. The zero-order valence-corrected chi connectivity index (χ0v) is 16.3. The summed E-state index contributed by atoms with van der Waals surface area (Å²) < 4.78 is 5.42. The molecule has 0 amide bonds. The van der Waals surface area contributed by atoms with Gasteiger partial charge >= 0.3 is 0 Å². The van der Waals surface area contributed by atoms with Gasteiger partial charge in [0.15, 0.2) is 18.2 Å². The van der Waals surface area contributed by atoms with Crippen LogP contribution < -0.4 is 19.4 Å². The minimum atomic E-state index is -0.689. The number of rotatable bonds is 12. The summed E-state index contributed by atoms with van der Waals surface area (Å²) in [5.74, 6) is -1.56. The second-order valence-corrected chi connectivity index (χ2v) is 5.94. The van der Waals surface area contributed by atoms with Crippen molar-refractivity contribution in [2.75, 3.05) is 55.1 Å². The standard InChI is InChI=1S/C16H24N6O9/c23-3-10-1-13(12(30)2-11(10)29)31-9-22(8-28)16-18-14(20(4-24)5-25)17-15(19-16)21(6-26)7-27/h1-2,23-30H,3-9H2. The largest absolute Gasteiger partial charge is 0.507 e. The average Bonchev–Trinajstić information content (AvgIpc) is 2.77. The van der Waals surface area contributed by atoms with Gasteiger partial charge in [-0.05, 0) is 6.07 Å². The molecule has 0 aliphatic heterocycles. The summed E-state index contributed by atoms with van der Waals surface area (Å²) in [5, 5.41) is 76.0. The molecule has 0 saturated carbocycles. The molecule has 0 atom stereocenters. The highest BCUT2D eigenvalue weighted by molar-refractivity contribution is 5.49. The molecule has 1 aromatic carbocycles. The molecule has 0 saturated heterocycles. The van der Waals surface area contributed by atoms with Gasteiger partial charge in [-0.1, -0.05) is 0 Å². The molecule has 8 N–H and O–H groups in total. The van der Waals surface area contributed by atoms with Gasteiger partial charge in [0.05, 0.1) is 6.61 Å². The molecule has 0 spiro atoms. The number of aromatic nitrogens is 3. The van der Waals surface area contributed by atoms with Crippen LogP contribution >= 0.6 is 0 Å². The van der Waals surface area contributed by atoms with E-state index < -0.39 is 52.7 Å². The molecule has 2 rings (SSSR count). The molecular formula is C16H24N6O9. The normalized spacial score (nSPS) is 10.8. The number of nitrogens with zero attached hydrogens (tertiary/aromatic N) is 6. The fraction of sp³-hybridized carbons (Fsp3) is 0.438. The Morgan fingerprint density at radius 1 is 0.645 bits per heavy atom. The molecule has 0 unspecified atom stereocenters. The van der Waals surface area contributed by atoms with E-state index in [4.69, 9.17) is 4.74 Å². The Kier molecular flexibility index (Phi) is 8.74. The molecule has 2 aromatic rings. The lowest BCUT2D eigenvalue weighted by atomic mass is 10.2. The lowest BCUT2D eigenvalue weighted by Crippen LogP contribution is -2.35. The van der Waals surface area contributed by atoms with E-state index in [-0.39, 0.29) is 34.9 Å². The summed E-state index contributed by atoms with van der Waals surface area (Å²) >= 11 is 0. The van der Waals surface area contributed by atoms with E-state index in [0.29, 0.717) is 0 Å². The van der Waals surface area contributed by atoms with Gasteiger partial charge in [-0.2, -0.15) is 15.0 Å². The van der Waals surface area contributed by atoms with Crippen LogP contribution in [0.4, 0.5) is 17.8 Å². The van der Waals surface area contributed by atoms with Crippen molar-refractivity contribution in [2.24, 2.45) is 0 Å². The van der Waals surface area contributed by atoms with Crippen molar-refractivity contribution in [1.82, 2.24) is 15.0 Å². The van der Waals surface area contributed by atoms with E-state index in [2.05, 4.69) is 15.0 Å². The monoisotopic (exact) mass is 444 g/mol. The molecule has 1 aromatic heterocycles. The fourth-order valence-corrected chi connectivity index (χ4v) is 2.26. The second kappa shape index (κ2) is 11.3. The molecule has 1 heterocycles. The van der Waals surface area contributed by atoms with Crippen LogP contribution in [0.25, 0.3) is 0 Å². The highest BCUT2D eigenvalue weighted by Gasteiger charge is 2.20. The summed E-state index contributed by atoms with van der Waals surface area (Å²) in [6.45, 7) is -4.30. The number of hydrogen-bond acceptors (Lipinski definition) is 15. The van der Waals surface area contributed by atoms with Gasteiger partial charge in [-0.25, -0.2) is 0 Å². The summed E-state index contributed by atoms with van der Waals surface area (Å²) in [7, 11) is 0. The van der Waals surface area contributed by atoms with Gasteiger partial charge in [0, 0.05) is 11.6 Å². The maximum Gasteiger partial charge on any atom is 0.236 e. The van der Waals surface area contributed by atoms with Crippen LogP contribution in [0.15, 0.2) is 12.1 Å². The molecule has 0 aliphatic rings. The van der Waals surface area contributed by atoms with Gasteiger partial charge in [-0.3, -0.25) is 14.7 Å². The van der Waals surface area contributed by atoms with E-state index in [0.717, 1.165) is 20.8 Å². The SMILES string of the molecule is OCc1cc(OCN(CO)c2nc(N(CO)CO)nc(N(CO)CO)n2)c(O)cc1O. The van der Waals surface area contributed by atoms with E-state index >= 15 is 0 Å². The zero-order chi connectivity index (χ0) is 23.0. The quantitative estimate of drug-likeness (QED) is 0.153. The summed E-state index contributed by atoms with van der Waals surface area (Å²) in [6, 6.07) is 2.17. The molecule has 0 radical (unpaired) electrons. The van der Waals surface area contributed by atoms with Crippen LogP contribution in [-0.2, 0) is 6.61 Å². The third kappa shape index (κ3) is 5.69. The molecule has 0 fully saturated rings. The lowest BCUT2D eigenvalue weighted by Gasteiger charge is -2.25. The summed E-state index contributed by atoms with van der Waals surface area (Å²) in [6.07, 6.45) is 0. The Morgan fingerprint density at radius 2 is 1.10 bits per heavy atom. The minimum absolute atomic E-state index is 0.0937. The Labute approximate surface area is 175 Å². The minimum Gasteiger partial charge on any atom is -0.507 e. The number of aliphatic hydroxyl groups excluding tert-OH is 6. The summed E-state index contributed by atoms with van der Waals surface area (Å²) in [4.78, 5) is 14.9. The maximum atomic E-state index is 9.92. The van der Waals surface area contributed by atoms with E-state index in [1.54, 1.807) is 0 Å². The van der Waals surface area contributed by atoms with Gasteiger partial charge in [-0.15, -0.1) is 0 Å². The van der Waals surface area contributed by atoms with Crippen LogP contribution in [0, 0.1) is 0 Å². The highest BCUT2D eigenvalue weighted by Crippen LogP contribution is 2.33. The second-order valence-electron chi connectivity index (χ2n) is 5.94. The van der Waals surface area contributed by atoms with Crippen molar-refractivity contribution in [3.63, 3.8) is 0 Å². The average molecular weight is 444 g/mol. The number of benzene rings is 1. The van der Waals surface area contributed by atoms with Crippen molar-refractivity contribution in [1.29, 1.82) is 0 Å². The first-order chi connectivity index (χ1) is 14.9. The zero-order valence-electron chi connectivity index (χ0n) is 16.3. The molecule has 0 aliphatic carbocycles. The molecule has 172 valence electrons. The molecule has 15 nitrogen and oxygen atoms in total. The van der Waals surface area contributed by atoms with Crippen LogP contribution in [0.3, 0.4) is 0 Å². The topological polar surface area (TPSA) is 219 Å². The van der Waals surface area contributed by atoms with Gasteiger partial charge < -0.3 is 45.6 Å². The number of anilines is 3. The van der Waals surface area contributed by atoms with E-state index in [1.165, 1.54) is 6.07 Å². The first kappa shape index (κ1) is 24.1. The Balaban J connectivity index is 2.37. The third-order valence-corrected chi connectivity index (χ3v) is 4.01. The van der Waals surface area contributed by atoms with Gasteiger partial charge in [0.2, 0.25) is 17.8 Å². The smallest absolute Gasteiger partial charge is 0.236 e. The van der Waals surface area contributed by atoms with Crippen molar-refractivity contribution < 1.29 is 45.6 Å². The van der Waals surface area contributed by atoms with Crippen LogP contribution in [0.5, 0.6) is 17.2 Å². The maximum absolute atomic E-state index is 9.92. The van der Waals surface area contributed by atoms with Crippen molar-refractivity contribution in [3.8, 4) is 17.2 Å². The number of hydrogen-bond donors (Lipinski definition) is 8. The number of phenolic OH excluding ortho intramolecular Hbond substituents is 1. The molecule has 0 bridgehead atoms. The van der Waals surface area contributed by atoms with E-state index in [1.807, 2.05) is 0 Å². The fourth-order valence-electron chi connectivity index (χ4n) is 2.26. The molecule has 31 heavy (non-hydrogen) atoms. The van der Waals surface area contributed by atoms with Crippen LogP contribution in [0.1, 0.15) is 5.56 Å². The first-order valence-electron chi connectivity index (χ1n) is 8.76. The van der Waals surface area contributed by atoms with E-state index in [9.17, 15) is 40.9 Å². The van der Waals surface area contributed by atoms with Crippen molar-refractivity contribution in [3.05, 3.63) is 17.7 Å². The van der Waals surface area contributed by atoms with Crippen LogP contribution in [0.2, 0.25) is 0 Å². The highest BCUT2D eigenvalue weighted by atomic mass is 16.5. The van der Waals surface area contributed by atoms with Crippen molar-refractivity contribution >= 4 is 17.8 Å². The van der Waals surface area contributed by atoms with Gasteiger partial charge in [0.25, 0.3) is 0 Å².